The van der Waals surface area contributed by atoms with Crippen molar-refractivity contribution in [3.05, 3.63) is 59.1 Å². The van der Waals surface area contributed by atoms with Crippen LogP contribution in [0.4, 0.5) is 5.69 Å². The molecular weight excluding hydrogens is 326 g/mol. The van der Waals surface area contributed by atoms with E-state index in [1.54, 1.807) is 25.5 Å². The lowest BCUT2D eigenvalue weighted by molar-refractivity contribution is -0.121. The Kier molecular flexibility index (Phi) is 6.63. The third kappa shape index (κ3) is 5.28. The van der Waals surface area contributed by atoms with Crippen LogP contribution in [-0.4, -0.2) is 25.3 Å². The van der Waals surface area contributed by atoms with Crippen molar-refractivity contribution in [2.75, 3.05) is 12.4 Å². The first-order valence-electron chi connectivity index (χ1n) is 7.61. The molecule has 0 unspecified atom stereocenters. The van der Waals surface area contributed by atoms with E-state index in [9.17, 15) is 4.79 Å². The van der Waals surface area contributed by atoms with Crippen LogP contribution in [-0.2, 0) is 4.79 Å². The van der Waals surface area contributed by atoms with Gasteiger partial charge in [-0.1, -0.05) is 30.7 Å². The number of rotatable bonds is 7. The molecule has 0 bridgehead atoms. The highest BCUT2D eigenvalue weighted by atomic mass is 35.5. The molecule has 0 heterocycles. The monoisotopic (exact) mass is 345 g/mol. The van der Waals surface area contributed by atoms with E-state index in [1.165, 1.54) is 0 Å². The molecule has 2 aromatic rings. The normalized spacial score (nSPS) is 12.0. The average Bonchev–Trinajstić information content (AvgIpc) is 2.60. The molecule has 2 rings (SSSR count). The van der Waals surface area contributed by atoms with Gasteiger partial charge in [0.1, 0.15) is 11.8 Å². The van der Waals surface area contributed by atoms with Gasteiger partial charge in [0.05, 0.1) is 13.3 Å². The second-order valence-corrected chi connectivity index (χ2v) is 5.56. The van der Waals surface area contributed by atoms with Crippen LogP contribution in [0.15, 0.2) is 53.6 Å². The third-order valence-corrected chi connectivity index (χ3v) is 3.63. The van der Waals surface area contributed by atoms with E-state index in [-0.39, 0.29) is 11.9 Å². The second-order valence-electron chi connectivity index (χ2n) is 5.12. The Morgan fingerprint density at radius 1 is 1.29 bits per heavy atom. The van der Waals surface area contributed by atoms with Crippen LogP contribution in [0.1, 0.15) is 18.9 Å². The molecule has 2 aromatic carbocycles. The van der Waals surface area contributed by atoms with Crippen molar-refractivity contribution in [3.63, 3.8) is 0 Å². The first-order valence-corrected chi connectivity index (χ1v) is 7.99. The molecule has 0 radical (unpaired) electrons. The molecule has 1 atom stereocenters. The number of halogens is 1. The molecule has 1 amide bonds. The van der Waals surface area contributed by atoms with Gasteiger partial charge in [-0.2, -0.15) is 5.10 Å². The zero-order valence-corrected chi connectivity index (χ0v) is 14.4. The zero-order chi connectivity index (χ0) is 17.4. The van der Waals surface area contributed by atoms with E-state index in [1.807, 2.05) is 43.3 Å². The van der Waals surface area contributed by atoms with Crippen molar-refractivity contribution in [3.8, 4) is 5.75 Å². The van der Waals surface area contributed by atoms with E-state index in [4.69, 9.17) is 16.3 Å². The van der Waals surface area contributed by atoms with Gasteiger partial charge in [0, 0.05) is 10.7 Å². The average molecular weight is 346 g/mol. The van der Waals surface area contributed by atoms with Crippen LogP contribution < -0.4 is 15.5 Å². The van der Waals surface area contributed by atoms with Gasteiger partial charge in [-0.15, -0.1) is 0 Å². The fraction of sp³-hybridized carbons (Fsp3) is 0.222. The number of methoxy groups -OCH3 is 1. The lowest BCUT2D eigenvalue weighted by Gasteiger charge is -2.16. The molecule has 24 heavy (non-hydrogen) atoms. The molecule has 5 nitrogen and oxygen atoms in total. The smallest absolute Gasteiger partial charge is 0.262 e. The fourth-order valence-corrected chi connectivity index (χ4v) is 2.28. The van der Waals surface area contributed by atoms with Crippen LogP contribution in [0.3, 0.4) is 0 Å². The summed E-state index contributed by atoms with van der Waals surface area (Å²) in [6.45, 7) is 1.93. The van der Waals surface area contributed by atoms with Gasteiger partial charge >= 0.3 is 0 Å². The van der Waals surface area contributed by atoms with Gasteiger partial charge < -0.3 is 10.1 Å². The van der Waals surface area contributed by atoms with Gasteiger partial charge in [-0.25, -0.2) is 5.43 Å². The molecular formula is C18H20ClN3O2. The van der Waals surface area contributed by atoms with Crippen molar-refractivity contribution in [1.29, 1.82) is 0 Å². The Bertz CT molecular complexity index is 702. The van der Waals surface area contributed by atoms with Gasteiger partial charge in [-0.3, -0.25) is 4.79 Å². The lowest BCUT2D eigenvalue weighted by Crippen LogP contribution is -2.36. The summed E-state index contributed by atoms with van der Waals surface area (Å²) in [5.74, 6) is 0.566. The van der Waals surface area contributed by atoms with Crippen molar-refractivity contribution in [2.24, 2.45) is 5.10 Å². The summed E-state index contributed by atoms with van der Waals surface area (Å²) in [5.41, 5.74) is 4.21. The van der Waals surface area contributed by atoms with Gasteiger partial charge in [0.2, 0.25) is 0 Å². The number of amides is 1. The molecule has 0 aliphatic carbocycles. The van der Waals surface area contributed by atoms with Gasteiger partial charge in [-0.05, 0) is 48.4 Å². The summed E-state index contributed by atoms with van der Waals surface area (Å²) < 4.78 is 5.12. The largest absolute Gasteiger partial charge is 0.497 e. The van der Waals surface area contributed by atoms with Crippen LogP contribution >= 0.6 is 11.6 Å². The molecule has 2 N–H and O–H groups in total. The fourth-order valence-electron chi connectivity index (χ4n) is 2.08. The summed E-state index contributed by atoms with van der Waals surface area (Å²) in [6.07, 6.45) is 2.19. The molecule has 0 spiro atoms. The SMILES string of the molecule is CC[C@H](Nc1ccc(OC)cc1)C(=O)N/N=C\c1cccc(Cl)c1. The highest BCUT2D eigenvalue weighted by Crippen LogP contribution is 2.16. The number of hydrogen-bond acceptors (Lipinski definition) is 4. The summed E-state index contributed by atoms with van der Waals surface area (Å²) in [4.78, 5) is 12.2. The number of carbonyl (C=O) groups is 1. The molecule has 0 saturated heterocycles. The third-order valence-electron chi connectivity index (χ3n) is 3.39. The summed E-state index contributed by atoms with van der Waals surface area (Å²) >= 11 is 5.90. The summed E-state index contributed by atoms with van der Waals surface area (Å²) in [6, 6.07) is 14.3. The van der Waals surface area contributed by atoms with E-state index < -0.39 is 0 Å². The first kappa shape index (κ1) is 17.8. The number of nitrogens with zero attached hydrogens (tertiary/aromatic N) is 1. The Labute approximate surface area is 146 Å². The van der Waals surface area contributed by atoms with Gasteiger partial charge in [0.15, 0.2) is 0 Å². The Morgan fingerprint density at radius 3 is 2.67 bits per heavy atom. The Morgan fingerprint density at radius 2 is 2.04 bits per heavy atom. The van der Waals surface area contributed by atoms with E-state index in [0.29, 0.717) is 11.4 Å². The number of anilines is 1. The van der Waals surface area contributed by atoms with Crippen LogP contribution in [0.25, 0.3) is 0 Å². The second kappa shape index (κ2) is 8.93. The predicted molar refractivity (Wildman–Crippen MR) is 97.9 cm³/mol. The van der Waals surface area contributed by atoms with Crippen LogP contribution in [0.2, 0.25) is 5.02 Å². The number of hydrogen-bond donors (Lipinski definition) is 2. The number of ether oxygens (including phenoxy) is 1. The van der Waals surface area contributed by atoms with E-state index in [2.05, 4.69) is 15.8 Å². The molecule has 0 fully saturated rings. The standard InChI is InChI=1S/C18H20ClN3O2/c1-3-17(21-15-7-9-16(24-2)10-8-15)18(23)22-20-12-13-5-4-6-14(19)11-13/h4-12,17,21H,3H2,1-2H3,(H,22,23)/b20-12-/t17-/m0/s1. The lowest BCUT2D eigenvalue weighted by atomic mass is 10.2. The molecule has 0 aromatic heterocycles. The minimum Gasteiger partial charge on any atom is -0.497 e. The number of benzene rings is 2. The summed E-state index contributed by atoms with van der Waals surface area (Å²) in [7, 11) is 1.61. The minimum atomic E-state index is -0.380. The molecule has 0 aliphatic rings. The minimum absolute atomic E-state index is 0.202. The van der Waals surface area contributed by atoms with Crippen LogP contribution in [0, 0.1) is 0 Å². The Balaban J connectivity index is 1.93. The highest BCUT2D eigenvalue weighted by Gasteiger charge is 2.15. The quantitative estimate of drug-likeness (QED) is 0.594. The Hall–Kier alpha value is -2.53. The maximum atomic E-state index is 12.2. The molecule has 126 valence electrons. The maximum absolute atomic E-state index is 12.2. The van der Waals surface area contributed by atoms with Gasteiger partial charge in [0.25, 0.3) is 5.91 Å². The molecule has 0 saturated carbocycles. The van der Waals surface area contributed by atoms with Crippen LogP contribution in [0.5, 0.6) is 5.75 Å². The number of hydrazone groups is 1. The zero-order valence-electron chi connectivity index (χ0n) is 13.6. The molecule has 0 aliphatic heterocycles. The van der Waals surface area contributed by atoms with Crippen molar-refractivity contribution < 1.29 is 9.53 Å². The highest BCUT2D eigenvalue weighted by molar-refractivity contribution is 6.30. The predicted octanol–water partition coefficient (Wildman–Crippen LogP) is 3.69. The number of nitrogens with one attached hydrogen (secondary N) is 2. The van der Waals surface area contributed by atoms with E-state index in [0.717, 1.165) is 17.0 Å². The van der Waals surface area contributed by atoms with E-state index >= 15 is 0 Å². The number of carbonyl (C=O) groups excluding carboxylic acids is 1. The maximum Gasteiger partial charge on any atom is 0.262 e. The van der Waals surface area contributed by atoms with Crippen molar-refractivity contribution in [2.45, 2.75) is 19.4 Å². The summed E-state index contributed by atoms with van der Waals surface area (Å²) in [5, 5.41) is 7.78. The van der Waals surface area contributed by atoms with Crippen molar-refractivity contribution in [1.82, 2.24) is 5.43 Å². The first-order chi connectivity index (χ1) is 11.6. The molecule has 6 heteroatoms. The van der Waals surface area contributed by atoms with Crippen molar-refractivity contribution >= 4 is 29.4 Å². The topological polar surface area (TPSA) is 62.7 Å².